The molecule has 1 N–H and O–H groups in total. The Morgan fingerprint density at radius 2 is 1.47 bits per heavy atom. The van der Waals surface area contributed by atoms with Crippen molar-refractivity contribution in [1.29, 1.82) is 0 Å². The molecule has 0 aromatic heterocycles. The zero-order valence-electron chi connectivity index (χ0n) is 22.9. The Labute approximate surface area is 226 Å². The van der Waals surface area contributed by atoms with E-state index in [-0.39, 0.29) is 17.3 Å². The van der Waals surface area contributed by atoms with Gasteiger partial charge in [-0.15, -0.1) is 0 Å². The molecule has 3 aromatic carbocycles. The average molecular weight is 536 g/mol. The van der Waals surface area contributed by atoms with Crippen LogP contribution in [-0.2, 0) is 26.2 Å². The molecule has 0 bridgehead atoms. The summed E-state index contributed by atoms with van der Waals surface area (Å²) in [6.07, 6.45) is 0. The standard InChI is InChI=1S/C30H37N3O4S/c1-22-17-18-27(23(2)19-22)33(38(36,37)26-15-11-8-12-16-26)21-28(34)32(20-25-13-9-7-10-14-25)24(3)29(35)31-30(4,5)6/h7-19,24H,20-21H2,1-6H3,(H,31,35)/t24-/m1/s1. The minimum absolute atomic E-state index is 0.0842. The van der Waals surface area contributed by atoms with E-state index in [1.807, 2.05) is 77.1 Å². The first kappa shape index (κ1) is 28.9. The van der Waals surface area contributed by atoms with E-state index in [0.717, 1.165) is 21.0 Å². The molecule has 0 radical (unpaired) electrons. The van der Waals surface area contributed by atoms with E-state index < -0.39 is 34.1 Å². The molecule has 0 saturated heterocycles. The number of carbonyl (C=O) groups is 2. The predicted octanol–water partition coefficient (Wildman–Crippen LogP) is 4.83. The Morgan fingerprint density at radius 1 is 0.895 bits per heavy atom. The lowest BCUT2D eigenvalue weighted by Gasteiger charge is -2.34. The van der Waals surface area contributed by atoms with Crippen molar-refractivity contribution in [2.75, 3.05) is 10.8 Å². The monoisotopic (exact) mass is 535 g/mol. The molecule has 8 heteroatoms. The molecule has 2 amide bonds. The molecule has 0 fully saturated rings. The molecule has 0 unspecified atom stereocenters. The lowest BCUT2D eigenvalue weighted by Crippen LogP contribution is -2.54. The van der Waals surface area contributed by atoms with Gasteiger partial charge in [-0.05, 0) is 70.9 Å². The van der Waals surface area contributed by atoms with Crippen LogP contribution in [0.3, 0.4) is 0 Å². The number of aryl methyl sites for hydroxylation is 2. The molecule has 0 saturated carbocycles. The fraction of sp³-hybridized carbons (Fsp3) is 0.333. The third-order valence-electron chi connectivity index (χ3n) is 6.09. The number of nitrogens with zero attached hydrogens (tertiary/aromatic N) is 2. The maximum Gasteiger partial charge on any atom is 0.264 e. The Bertz CT molecular complexity index is 1370. The van der Waals surface area contributed by atoms with Crippen molar-refractivity contribution in [3.05, 3.63) is 95.6 Å². The van der Waals surface area contributed by atoms with Crippen molar-refractivity contribution in [2.45, 2.75) is 64.6 Å². The van der Waals surface area contributed by atoms with Gasteiger partial charge in [0.1, 0.15) is 12.6 Å². The highest BCUT2D eigenvalue weighted by Gasteiger charge is 2.33. The van der Waals surface area contributed by atoms with Gasteiger partial charge in [-0.1, -0.05) is 66.2 Å². The van der Waals surface area contributed by atoms with Crippen molar-refractivity contribution in [3.63, 3.8) is 0 Å². The first-order valence-electron chi connectivity index (χ1n) is 12.6. The van der Waals surface area contributed by atoms with Gasteiger partial charge in [0.2, 0.25) is 11.8 Å². The van der Waals surface area contributed by atoms with Gasteiger partial charge in [-0.3, -0.25) is 13.9 Å². The zero-order chi connectivity index (χ0) is 28.1. The van der Waals surface area contributed by atoms with Crippen molar-refractivity contribution >= 4 is 27.5 Å². The Morgan fingerprint density at radius 3 is 2.03 bits per heavy atom. The summed E-state index contributed by atoms with van der Waals surface area (Å²) in [6, 6.07) is 22.0. The van der Waals surface area contributed by atoms with Crippen LogP contribution in [0, 0.1) is 13.8 Å². The maximum absolute atomic E-state index is 13.9. The van der Waals surface area contributed by atoms with Crippen molar-refractivity contribution < 1.29 is 18.0 Å². The Kier molecular flexibility index (Phi) is 8.99. The molecule has 38 heavy (non-hydrogen) atoms. The van der Waals surface area contributed by atoms with Gasteiger partial charge < -0.3 is 10.2 Å². The van der Waals surface area contributed by atoms with Gasteiger partial charge >= 0.3 is 0 Å². The van der Waals surface area contributed by atoms with Gasteiger partial charge in [0.05, 0.1) is 10.6 Å². The number of sulfonamides is 1. The number of anilines is 1. The predicted molar refractivity (Wildman–Crippen MR) is 151 cm³/mol. The Hall–Kier alpha value is -3.65. The largest absolute Gasteiger partial charge is 0.350 e. The van der Waals surface area contributed by atoms with E-state index >= 15 is 0 Å². The van der Waals surface area contributed by atoms with Crippen molar-refractivity contribution in [1.82, 2.24) is 10.2 Å². The topological polar surface area (TPSA) is 86.8 Å². The van der Waals surface area contributed by atoms with Crippen LogP contribution in [0.15, 0.2) is 83.8 Å². The summed E-state index contributed by atoms with van der Waals surface area (Å²) < 4.78 is 28.9. The van der Waals surface area contributed by atoms with Gasteiger partial charge in [0, 0.05) is 12.1 Å². The molecule has 0 aliphatic carbocycles. The second kappa shape index (κ2) is 11.8. The van der Waals surface area contributed by atoms with Crippen LogP contribution in [0.25, 0.3) is 0 Å². The summed E-state index contributed by atoms with van der Waals surface area (Å²) >= 11 is 0. The van der Waals surface area contributed by atoms with E-state index in [1.54, 1.807) is 31.2 Å². The molecule has 202 valence electrons. The molecule has 0 aliphatic rings. The molecule has 0 spiro atoms. The first-order chi connectivity index (χ1) is 17.8. The lowest BCUT2D eigenvalue weighted by molar-refractivity contribution is -0.140. The minimum Gasteiger partial charge on any atom is -0.350 e. The molecular weight excluding hydrogens is 498 g/mol. The molecule has 1 atom stereocenters. The minimum atomic E-state index is -4.08. The number of rotatable bonds is 9. The smallest absolute Gasteiger partial charge is 0.264 e. The summed E-state index contributed by atoms with van der Waals surface area (Å²) in [6.45, 7) is 10.7. The second-order valence-corrected chi connectivity index (χ2v) is 12.4. The van der Waals surface area contributed by atoms with Crippen molar-refractivity contribution in [3.8, 4) is 0 Å². The summed E-state index contributed by atoms with van der Waals surface area (Å²) in [7, 11) is -4.08. The van der Waals surface area contributed by atoms with Crippen molar-refractivity contribution in [2.24, 2.45) is 0 Å². The number of carbonyl (C=O) groups excluding carboxylic acids is 2. The van der Waals surface area contributed by atoms with Crippen LogP contribution in [0.2, 0.25) is 0 Å². The fourth-order valence-corrected chi connectivity index (χ4v) is 5.65. The second-order valence-electron chi connectivity index (χ2n) is 10.5. The highest BCUT2D eigenvalue weighted by Crippen LogP contribution is 2.28. The normalized spacial score (nSPS) is 12.5. The highest BCUT2D eigenvalue weighted by atomic mass is 32.2. The molecule has 3 rings (SSSR count). The van der Waals surface area contributed by atoms with Crippen LogP contribution in [0.4, 0.5) is 5.69 Å². The lowest BCUT2D eigenvalue weighted by atomic mass is 10.1. The average Bonchev–Trinajstić information content (AvgIpc) is 2.86. The number of amides is 2. The quantitative estimate of drug-likeness (QED) is 0.425. The van der Waals surface area contributed by atoms with E-state index in [4.69, 9.17) is 0 Å². The number of hydrogen-bond donors (Lipinski definition) is 1. The molecule has 7 nitrogen and oxygen atoms in total. The summed E-state index contributed by atoms with van der Waals surface area (Å²) in [5, 5.41) is 2.93. The molecule has 3 aromatic rings. The van der Waals surface area contributed by atoms with Crippen LogP contribution in [0.1, 0.15) is 44.4 Å². The number of hydrogen-bond acceptors (Lipinski definition) is 4. The third-order valence-corrected chi connectivity index (χ3v) is 7.87. The summed E-state index contributed by atoms with van der Waals surface area (Å²) in [4.78, 5) is 28.6. The van der Waals surface area contributed by atoms with E-state index in [0.29, 0.717) is 5.69 Å². The van der Waals surface area contributed by atoms with E-state index in [9.17, 15) is 18.0 Å². The summed E-state index contributed by atoms with van der Waals surface area (Å²) in [5.41, 5.74) is 2.46. The highest BCUT2D eigenvalue weighted by molar-refractivity contribution is 7.92. The molecular formula is C30H37N3O4S. The molecule has 0 heterocycles. The SMILES string of the molecule is Cc1ccc(N(CC(=O)N(Cc2ccccc2)[C@H](C)C(=O)NC(C)(C)C)S(=O)(=O)c2ccccc2)c(C)c1. The van der Waals surface area contributed by atoms with E-state index in [2.05, 4.69) is 5.32 Å². The maximum atomic E-state index is 13.9. The molecule has 0 aliphatic heterocycles. The van der Waals surface area contributed by atoms with Crippen LogP contribution >= 0.6 is 0 Å². The first-order valence-corrected chi connectivity index (χ1v) is 14.0. The van der Waals surface area contributed by atoms with Gasteiger partial charge in [0.25, 0.3) is 10.0 Å². The van der Waals surface area contributed by atoms with Crippen LogP contribution in [0.5, 0.6) is 0 Å². The Balaban J connectivity index is 2.05. The van der Waals surface area contributed by atoms with E-state index in [1.165, 1.54) is 17.0 Å². The zero-order valence-corrected chi connectivity index (χ0v) is 23.7. The summed E-state index contributed by atoms with van der Waals surface area (Å²) in [5.74, 6) is -0.796. The third kappa shape index (κ3) is 7.22. The number of benzene rings is 3. The fourth-order valence-electron chi connectivity index (χ4n) is 4.16. The number of nitrogens with one attached hydrogen (secondary N) is 1. The van der Waals surface area contributed by atoms with Crippen LogP contribution < -0.4 is 9.62 Å². The van der Waals surface area contributed by atoms with Gasteiger partial charge in [-0.2, -0.15) is 0 Å². The van der Waals surface area contributed by atoms with Gasteiger partial charge in [0.15, 0.2) is 0 Å². The van der Waals surface area contributed by atoms with Crippen LogP contribution in [-0.4, -0.2) is 43.3 Å². The van der Waals surface area contributed by atoms with Gasteiger partial charge in [-0.25, -0.2) is 8.42 Å².